The van der Waals surface area contributed by atoms with Crippen molar-refractivity contribution in [3.8, 4) is 0 Å². The van der Waals surface area contributed by atoms with Gasteiger partial charge in [-0.1, -0.05) is 36.8 Å². The number of amides is 4. The summed E-state index contributed by atoms with van der Waals surface area (Å²) < 4.78 is 0. The van der Waals surface area contributed by atoms with Gasteiger partial charge in [-0.2, -0.15) is 0 Å². The Morgan fingerprint density at radius 1 is 0.875 bits per heavy atom. The van der Waals surface area contributed by atoms with E-state index >= 15 is 0 Å². The Kier molecular flexibility index (Phi) is 13.3. The lowest BCUT2D eigenvalue weighted by Gasteiger charge is -2.25. The van der Waals surface area contributed by atoms with E-state index in [-0.39, 0.29) is 25.7 Å². The number of rotatable bonds is 18. The van der Waals surface area contributed by atoms with Crippen molar-refractivity contribution >= 4 is 29.6 Å². The molecule has 11 N–H and O–H groups in total. The summed E-state index contributed by atoms with van der Waals surface area (Å²) in [6, 6.07) is 4.28. The molecule has 4 amide bonds. The smallest absolute Gasteiger partial charge is 0.326 e. The summed E-state index contributed by atoms with van der Waals surface area (Å²) in [4.78, 5) is 69.1. The number of nitrogens with one attached hydrogen (secondary N) is 4. The molecule has 1 aromatic carbocycles. The van der Waals surface area contributed by atoms with Gasteiger partial charge in [-0.15, -0.1) is 0 Å². The van der Waals surface area contributed by atoms with Gasteiger partial charge in [0.1, 0.15) is 18.1 Å². The molecule has 4 atom stereocenters. The molecule has 0 bridgehead atoms. The van der Waals surface area contributed by atoms with Crippen molar-refractivity contribution in [2.75, 3.05) is 6.54 Å². The molecule has 0 aliphatic heterocycles. The van der Waals surface area contributed by atoms with E-state index < -0.39 is 53.8 Å². The number of H-pyrrole nitrogens is 1. The van der Waals surface area contributed by atoms with Gasteiger partial charge in [0.05, 0.1) is 12.4 Å². The molecule has 40 heavy (non-hydrogen) atoms. The maximum Gasteiger partial charge on any atom is 0.326 e. The second kappa shape index (κ2) is 16.6. The van der Waals surface area contributed by atoms with E-state index in [1.54, 1.807) is 30.3 Å². The van der Waals surface area contributed by atoms with Crippen LogP contribution in [0.2, 0.25) is 0 Å². The van der Waals surface area contributed by atoms with Gasteiger partial charge in [-0.25, -0.2) is 9.78 Å². The number of carbonyl (C=O) groups excluding carboxylic acids is 4. The summed E-state index contributed by atoms with van der Waals surface area (Å²) in [7, 11) is 0. The molecule has 1 aromatic heterocycles. The van der Waals surface area contributed by atoms with Gasteiger partial charge in [0.2, 0.25) is 23.6 Å². The Bertz CT molecular complexity index is 1110. The molecule has 2 aromatic rings. The van der Waals surface area contributed by atoms with E-state index in [9.17, 15) is 29.1 Å². The van der Waals surface area contributed by atoms with Crippen molar-refractivity contribution in [1.82, 2.24) is 25.9 Å². The van der Waals surface area contributed by atoms with Crippen molar-refractivity contribution in [2.45, 2.75) is 69.1 Å². The molecule has 0 aliphatic carbocycles. The number of unbranched alkanes of at least 4 members (excludes halogenated alkanes) is 1. The number of carboxylic acids is 1. The van der Waals surface area contributed by atoms with Crippen LogP contribution in [-0.2, 0) is 36.8 Å². The highest BCUT2D eigenvalue weighted by atomic mass is 16.4. The van der Waals surface area contributed by atoms with Crippen LogP contribution < -0.4 is 33.2 Å². The third-order valence-electron chi connectivity index (χ3n) is 6.13. The highest BCUT2D eigenvalue weighted by Crippen LogP contribution is 2.08. The molecule has 14 heteroatoms. The van der Waals surface area contributed by atoms with Gasteiger partial charge in [-0.05, 0) is 31.4 Å². The van der Waals surface area contributed by atoms with Gasteiger partial charge in [0.25, 0.3) is 0 Å². The second-order valence-electron chi connectivity index (χ2n) is 9.39. The highest BCUT2D eigenvalue weighted by Gasteiger charge is 2.31. The number of carboxylic acid groups (broad SMARTS) is 1. The monoisotopic (exact) mass is 558 g/mol. The normalized spacial score (nSPS) is 13.8. The summed E-state index contributed by atoms with van der Waals surface area (Å²) in [5.74, 6) is -4.10. The standard InChI is InChI=1S/C26H38N8O6/c27-11-5-4-8-18(28)23(36)33-20(12-16-6-2-1-3-7-16)25(38)32-19(9-10-22(29)35)24(37)34-21(26(39)40)13-17-14-30-15-31-17/h1-3,6-7,14-15,18-21H,4-5,8-13,27-28H2,(H2,29,35)(H,30,31)(H,32,38)(H,33,36)(H,34,37)(H,39,40). The number of aromatic amines is 1. The molecule has 14 nitrogen and oxygen atoms in total. The second-order valence-corrected chi connectivity index (χ2v) is 9.39. The van der Waals surface area contributed by atoms with E-state index in [0.717, 1.165) is 5.56 Å². The first-order valence-electron chi connectivity index (χ1n) is 13.0. The van der Waals surface area contributed by atoms with Crippen molar-refractivity contribution < 1.29 is 29.1 Å². The molecule has 2 rings (SSSR count). The number of hydrogen-bond acceptors (Lipinski definition) is 8. The van der Waals surface area contributed by atoms with Crippen LogP contribution >= 0.6 is 0 Å². The lowest BCUT2D eigenvalue weighted by Crippen LogP contribution is -2.58. The first-order chi connectivity index (χ1) is 19.1. The third-order valence-corrected chi connectivity index (χ3v) is 6.13. The molecule has 0 saturated carbocycles. The first-order valence-corrected chi connectivity index (χ1v) is 13.0. The van der Waals surface area contributed by atoms with E-state index in [4.69, 9.17) is 17.2 Å². The van der Waals surface area contributed by atoms with Crippen molar-refractivity contribution in [3.05, 3.63) is 54.1 Å². The largest absolute Gasteiger partial charge is 0.480 e. The van der Waals surface area contributed by atoms with Crippen LogP contribution in [0.15, 0.2) is 42.9 Å². The minimum absolute atomic E-state index is 0.0910. The maximum absolute atomic E-state index is 13.4. The van der Waals surface area contributed by atoms with Gasteiger partial charge < -0.3 is 43.2 Å². The van der Waals surface area contributed by atoms with Gasteiger partial charge in [-0.3, -0.25) is 19.2 Å². The van der Waals surface area contributed by atoms with Crippen molar-refractivity contribution in [3.63, 3.8) is 0 Å². The van der Waals surface area contributed by atoms with Crippen LogP contribution in [0.25, 0.3) is 0 Å². The number of primary amides is 1. The number of carbonyl (C=O) groups is 5. The van der Waals surface area contributed by atoms with Crippen molar-refractivity contribution in [2.24, 2.45) is 17.2 Å². The first kappa shape index (κ1) is 31.9. The number of aromatic nitrogens is 2. The fraction of sp³-hybridized carbons (Fsp3) is 0.462. The van der Waals surface area contributed by atoms with Crippen LogP contribution in [0.1, 0.15) is 43.4 Å². The SMILES string of the molecule is NCCCCC(N)C(=O)NC(Cc1ccccc1)C(=O)NC(CCC(N)=O)C(=O)NC(Cc1cnc[nH]1)C(=O)O. The molecule has 0 spiro atoms. The van der Waals surface area contributed by atoms with E-state index in [2.05, 4.69) is 25.9 Å². The van der Waals surface area contributed by atoms with Crippen LogP contribution in [-0.4, -0.2) is 75.4 Å². The zero-order valence-electron chi connectivity index (χ0n) is 22.2. The van der Waals surface area contributed by atoms with E-state index in [0.29, 0.717) is 31.5 Å². The Morgan fingerprint density at radius 3 is 2.12 bits per heavy atom. The summed E-state index contributed by atoms with van der Waals surface area (Å²) >= 11 is 0. The zero-order chi connectivity index (χ0) is 29.5. The quantitative estimate of drug-likeness (QED) is 0.0985. The average Bonchev–Trinajstić information content (AvgIpc) is 3.43. The maximum atomic E-state index is 13.4. The Labute approximate surface area is 231 Å². The molecule has 218 valence electrons. The topological polar surface area (TPSA) is 248 Å². The number of aliphatic carboxylic acids is 1. The fourth-order valence-corrected chi connectivity index (χ4v) is 3.89. The number of imidazole rings is 1. The molecule has 1 heterocycles. The van der Waals surface area contributed by atoms with Crippen molar-refractivity contribution in [1.29, 1.82) is 0 Å². The molecule has 0 fully saturated rings. The fourth-order valence-electron chi connectivity index (χ4n) is 3.89. The van der Waals surface area contributed by atoms with E-state index in [1.807, 2.05) is 0 Å². The highest BCUT2D eigenvalue weighted by molar-refractivity contribution is 5.94. The molecule has 0 saturated heterocycles. The third kappa shape index (κ3) is 11.2. The summed E-state index contributed by atoms with van der Waals surface area (Å²) in [5, 5.41) is 17.2. The number of nitrogens with two attached hydrogens (primary N) is 3. The van der Waals surface area contributed by atoms with Gasteiger partial charge in [0.15, 0.2) is 0 Å². The summed E-state index contributed by atoms with van der Waals surface area (Å²) in [5.41, 5.74) is 18.0. The average molecular weight is 559 g/mol. The minimum atomic E-state index is -1.34. The zero-order valence-corrected chi connectivity index (χ0v) is 22.2. The number of benzene rings is 1. The molecule has 0 aliphatic rings. The number of hydrogen-bond donors (Lipinski definition) is 8. The Hall–Kier alpha value is -4.30. The van der Waals surface area contributed by atoms with Gasteiger partial charge in [0, 0.05) is 31.2 Å². The summed E-state index contributed by atoms with van der Waals surface area (Å²) in [6.45, 7) is 0.465. The van der Waals surface area contributed by atoms with Crippen LogP contribution in [0, 0.1) is 0 Å². The molecular weight excluding hydrogens is 520 g/mol. The predicted octanol–water partition coefficient (Wildman–Crippen LogP) is -1.54. The lowest BCUT2D eigenvalue weighted by atomic mass is 10.0. The lowest BCUT2D eigenvalue weighted by molar-refractivity contribution is -0.142. The van der Waals surface area contributed by atoms with Crippen LogP contribution in [0.3, 0.4) is 0 Å². The molecular formula is C26H38N8O6. The van der Waals surface area contributed by atoms with Gasteiger partial charge >= 0.3 is 5.97 Å². The number of nitrogens with zero attached hydrogens (tertiary/aromatic N) is 1. The Balaban J connectivity index is 2.20. The van der Waals surface area contributed by atoms with Crippen LogP contribution in [0.5, 0.6) is 0 Å². The van der Waals surface area contributed by atoms with E-state index in [1.165, 1.54) is 12.5 Å². The Morgan fingerprint density at radius 2 is 1.52 bits per heavy atom. The molecule has 4 unspecified atom stereocenters. The summed E-state index contributed by atoms with van der Waals surface area (Å²) in [6.07, 6.45) is 4.07. The minimum Gasteiger partial charge on any atom is -0.480 e. The molecule has 0 radical (unpaired) electrons. The van der Waals surface area contributed by atoms with Crippen LogP contribution in [0.4, 0.5) is 0 Å². The predicted molar refractivity (Wildman–Crippen MR) is 145 cm³/mol.